The zero-order chi connectivity index (χ0) is 14.9. The zero-order valence-corrected chi connectivity index (χ0v) is 9.47. The van der Waals surface area contributed by atoms with Gasteiger partial charge < -0.3 is 4.74 Å². The van der Waals surface area contributed by atoms with Gasteiger partial charge in [-0.2, -0.15) is 26.3 Å². The second-order valence-electron chi connectivity index (χ2n) is 3.82. The molecular weight excluding hydrogens is 278 g/mol. The molecule has 0 radical (unpaired) electrons. The fourth-order valence-electron chi connectivity index (χ4n) is 1.09. The number of para-hydroxylation sites is 1. The molecule has 0 aliphatic carbocycles. The third kappa shape index (κ3) is 2.82. The lowest BCUT2D eigenvalue weighted by Gasteiger charge is -2.31. The second-order valence-corrected chi connectivity index (χ2v) is 3.82. The van der Waals surface area contributed by atoms with Gasteiger partial charge in [-0.15, -0.1) is 0 Å². The van der Waals surface area contributed by atoms with E-state index in [1.807, 2.05) is 0 Å². The predicted octanol–water partition coefficient (Wildman–Crippen LogP) is 3.72. The fourth-order valence-corrected chi connectivity index (χ4v) is 1.09. The summed E-state index contributed by atoms with van der Waals surface area (Å²) in [5.41, 5.74) is -4.57. The molecule has 0 heterocycles. The van der Waals surface area contributed by atoms with Gasteiger partial charge in [0.2, 0.25) is 0 Å². The van der Waals surface area contributed by atoms with Crippen molar-refractivity contribution in [3.05, 3.63) is 30.3 Å². The smallest absolute Gasteiger partial charge is 0.413 e. The molecule has 1 aromatic rings. The van der Waals surface area contributed by atoms with E-state index in [-0.39, 0.29) is 6.92 Å². The lowest BCUT2D eigenvalue weighted by atomic mass is 9.89. The van der Waals surface area contributed by atoms with Crippen LogP contribution in [0.5, 0.6) is 5.75 Å². The van der Waals surface area contributed by atoms with E-state index in [1.54, 1.807) is 0 Å². The average molecular weight is 286 g/mol. The van der Waals surface area contributed by atoms with Crippen LogP contribution in [0.25, 0.3) is 0 Å². The highest BCUT2D eigenvalue weighted by atomic mass is 19.4. The number of hydrogen-bond donors (Lipinski definition) is 0. The van der Waals surface area contributed by atoms with Crippen LogP contribution in [0, 0.1) is 5.41 Å². The van der Waals surface area contributed by atoms with Crippen molar-refractivity contribution in [3.63, 3.8) is 0 Å². The monoisotopic (exact) mass is 286 g/mol. The molecule has 0 saturated carbocycles. The van der Waals surface area contributed by atoms with E-state index in [0.717, 1.165) is 12.1 Å². The number of halogens is 6. The summed E-state index contributed by atoms with van der Waals surface area (Å²) in [5.74, 6) is -2.81. The van der Waals surface area contributed by atoms with E-state index in [9.17, 15) is 31.1 Å². The molecule has 0 spiro atoms. The molecule has 0 aliphatic rings. The number of esters is 1. The Morgan fingerprint density at radius 2 is 1.37 bits per heavy atom. The van der Waals surface area contributed by atoms with Crippen molar-refractivity contribution in [2.24, 2.45) is 5.41 Å². The van der Waals surface area contributed by atoms with E-state index in [2.05, 4.69) is 4.74 Å². The minimum atomic E-state index is -5.81. The Balaban J connectivity index is 3.11. The quantitative estimate of drug-likeness (QED) is 0.470. The minimum absolute atomic E-state index is 0.252. The number of carbonyl (C=O) groups excluding carboxylic acids is 1. The Morgan fingerprint density at radius 1 is 0.947 bits per heavy atom. The normalized spacial score (nSPS) is 13.2. The van der Waals surface area contributed by atoms with Gasteiger partial charge in [-0.05, 0) is 19.1 Å². The summed E-state index contributed by atoms with van der Waals surface area (Å²) in [6, 6.07) is 6.22. The van der Waals surface area contributed by atoms with Crippen molar-refractivity contribution in [1.82, 2.24) is 0 Å². The van der Waals surface area contributed by atoms with Gasteiger partial charge in [-0.1, -0.05) is 18.2 Å². The third-order valence-electron chi connectivity index (χ3n) is 2.50. The number of alkyl halides is 6. The van der Waals surface area contributed by atoms with E-state index >= 15 is 0 Å². The SMILES string of the molecule is CC(C(=O)Oc1ccccc1)(C(F)(F)F)C(F)(F)F. The van der Waals surface area contributed by atoms with Gasteiger partial charge >= 0.3 is 18.3 Å². The molecule has 2 nitrogen and oxygen atoms in total. The first-order valence-electron chi connectivity index (χ1n) is 4.91. The van der Waals surface area contributed by atoms with Gasteiger partial charge in [-0.25, -0.2) is 0 Å². The summed E-state index contributed by atoms with van der Waals surface area (Å²) in [5, 5.41) is 0. The molecule has 0 amide bonds. The molecule has 0 aromatic heterocycles. The highest BCUT2D eigenvalue weighted by Gasteiger charge is 2.73. The number of ether oxygens (including phenoxy) is 1. The molecule has 19 heavy (non-hydrogen) atoms. The standard InChI is InChI=1S/C11H8F6O2/c1-9(10(12,13)14,11(15,16)17)8(18)19-7-5-3-2-4-6-7/h2-6H,1H3. The maximum Gasteiger partial charge on any atom is 0.413 e. The molecule has 0 N–H and O–H groups in total. The minimum Gasteiger partial charge on any atom is -0.426 e. The maximum absolute atomic E-state index is 12.5. The number of benzene rings is 1. The van der Waals surface area contributed by atoms with E-state index in [0.29, 0.717) is 0 Å². The molecule has 106 valence electrons. The predicted molar refractivity (Wildman–Crippen MR) is 52.3 cm³/mol. The topological polar surface area (TPSA) is 26.3 Å². The van der Waals surface area contributed by atoms with Gasteiger partial charge in [0.15, 0.2) is 0 Å². The van der Waals surface area contributed by atoms with E-state index in [4.69, 9.17) is 0 Å². The molecule has 1 rings (SSSR count). The van der Waals surface area contributed by atoms with Crippen LogP contribution in [-0.2, 0) is 4.79 Å². The highest BCUT2D eigenvalue weighted by molar-refractivity contribution is 5.80. The molecule has 0 bridgehead atoms. The molecular formula is C11H8F6O2. The van der Waals surface area contributed by atoms with Gasteiger partial charge in [0, 0.05) is 0 Å². The summed E-state index contributed by atoms with van der Waals surface area (Å²) in [4.78, 5) is 11.3. The number of hydrogen-bond acceptors (Lipinski definition) is 2. The summed E-state index contributed by atoms with van der Waals surface area (Å²) < 4.78 is 79.3. The van der Waals surface area contributed by atoms with Crippen molar-refractivity contribution in [2.45, 2.75) is 19.3 Å². The van der Waals surface area contributed by atoms with Crippen LogP contribution in [0.2, 0.25) is 0 Å². The lowest BCUT2D eigenvalue weighted by Crippen LogP contribution is -2.55. The summed E-state index contributed by atoms with van der Waals surface area (Å²) >= 11 is 0. The Hall–Kier alpha value is -1.73. The average Bonchev–Trinajstić information content (AvgIpc) is 2.26. The lowest BCUT2D eigenvalue weighted by molar-refractivity contribution is -0.323. The van der Waals surface area contributed by atoms with Crippen molar-refractivity contribution >= 4 is 5.97 Å². The highest BCUT2D eigenvalue weighted by Crippen LogP contribution is 2.50. The van der Waals surface area contributed by atoms with Crippen molar-refractivity contribution in [2.75, 3.05) is 0 Å². The first-order valence-corrected chi connectivity index (χ1v) is 4.91. The maximum atomic E-state index is 12.5. The second kappa shape index (κ2) is 4.75. The largest absolute Gasteiger partial charge is 0.426 e. The van der Waals surface area contributed by atoms with Crippen molar-refractivity contribution in [1.29, 1.82) is 0 Å². The summed E-state index contributed by atoms with van der Waals surface area (Å²) in [7, 11) is 0. The first-order chi connectivity index (χ1) is 8.50. The Bertz CT molecular complexity index is 434. The van der Waals surface area contributed by atoms with Crippen LogP contribution in [-0.4, -0.2) is 18.3 Å². The van der Waals surface area contributed by atoms with Gasteiger partial charge in [0.05, 0.1) is 0 Å². The number of rotatable bonds is 2. The van der Waals surface area contributed by atoms with Crippen molar-refractivity contribution in [3.8, 4) is 5.75 Å². The van der Waals surface area contributed by atoms with Crippen LogP contribution >= 0.6 is 0 Å². The van der Waals surface area contributed by atoms with Gasteiger partial charge in [-0.3, -0.25) is 4.79 Å². The Kier molecular flexibility index (Phi) is 3.83. The molecule has 0 saturated heterocycles. The van der Waals surface area contributed by atoms with Gasteiger partial charge in [0.25, 0.3) is 5.41 Å². The van der Waals surface area contributed by atoms with Crippen LogP contribution in [0.4, 0.5) is 26.3 Å². The zero-order valence-electron chi connectivity index (χ0n) is 9.47. The molecule has 1 aromatic carbocycles. The third-order valence-corrected chi connectivity index (χ3v) is 2.50. The van der Waals surface area contributed by atoms with Crippen LogP contribution in [0.1, 0.15) is 6.92 Å². The Morgan fingerprint density at radius 3 is 1.74 bits per heavy atom. The molecule has 0 unspecified atom stereocenters. The van der Waals surface area contributed by atoms with Crippen LogP contribution in [0.3, 0.4) is 0 Å². The van der Waals surface area contributed by atoms with Crippen molar-refractivity contribution < 1.29 is 35.9 Å². The Labute approximate surface area is 104 Å². The summed E-state index contributed by atoms with van der Waals surface area (Å²) in [6.07, 6.45) is -11.6. The van der Waals surface area contributed by atoms with E-state index in [1.165, 1.54) is 18.2 Å². The van der Waals surface area contributed by atoms with Crippen LogP contribution in [0.15, 0.2) is 30.3 Å². The summed E-state index contributed by atoms with van der Waals surface area (Å²) in [6.45, 7) is -0.252. The first kappa shape index (κ1) is 15.3. The molecule has 8 heteroatoms. The van der Waals surface area contributed by atoms with E-state index < -0.39 is 29.5 Å². The van der Waals surface area contributed by atoms with Crippen LogP contribution < -0.4 is 4.74 Å². The molecule has 0 aliphatic heterocycles. The molecule has 0 atom stereocenters. The molecule has 0 fully saturated rings. The fraction of sp³-hybridized carbons (Fsp3) is 0.364. The van der Waals surface area contributed by atoms with Gasteiger partial charge in [0.1, 0.15) is 5.75 Å². The number of carbonyl (C=O) groups is 1.